The van der Waals surface area contributed by atoms with Crippen LogP contribution in [0.5, 0.6) is 5.75 Å². The minimum absolute atomic E-state index is 0. The molecular weight excluding hydrogens is 396 g/mol. The molecule has 0 saturated carbocycles. The van der Waals surface area contributed by atoms with Crippen LogP contribution in [-0.2, 0) is 4.79 Å². The van der Waals surface area contributed by atoms with Crippen molar-refractivity contribution in [3.8, 4) is 11.4 Å². The van der Waals surface area contributed by atoms with Crippen molar-refractivity contribution >= 4 is 47.1 Å². The van der Waals surface area contributed by atoms with Gasteiger partial charge in [-0.15, -0.1) is 12.4 Å². The second-order valence-corrected chi connectivity index (χ2v) is 7.56. The summed E-state index contributed by atoms with van der Waals surface area (Å²) in [6.07, 6.45) is 0.433. The molecule has 0 bridgehead atoms. The van der Waals surface area contributed by atoms with Crippen LogP contribution < -0.4 is 15.4 Å². The number of benzene rings is 2. The van der Waals surface area contributed by atoms with Crippen LogP contribution in [-0.4, -0.2) is 46.7 Å². The lowest BCUT2D eigenvalue weighted by Crippen LogP contribution is -2.40. The number of thioether (sulfide) groups is 1. The molecule has 0 spiro atoms. The van der Waals surface area contributed by atoms with E-state index in [1.54, 1.807) is 7.11 Å². The fourth-order valence-corrected chi connectivity index (χ4v) is 4.27. The standard InChI is InChI=1S/C20H22N4O2S.ClH/c1-26-18-9-5-4-8-17(18)24-16-7-3-2-6-15(16)22-20(24)23-19(25)12-14-13-27-11-10-21-14;/h2-9,14,21H,10-13H2,1H3,(H,22,23,25);1H. The Labute approximate surface area is 174 Å². The van der Waals surface area contributed by atoms with E-state index in [2.05, 4.69) is 15.6 Å². The molecular formula is C20H23ClN4O2S. The summed E-state index contributed by atoms with van der Waals surface area (Å²) in [6.45, 7) is 0.947. The van der Waals surface area contributed by atoms with Crippen molar-refractivity contribution in [2.24, 2.45) is 0 Å². The molecule has 1 atom stereocenters. The number of ether oxygens (including phenoxy) is 1. The van der Waals surface area contributed by atoms with Crippen LogP contribution in [0, 0.1) is 0 Å². The molecule has 1 aromatic heterocycles. The zero-order chi connectivity index (χ0) is 18.6. The molecule has 8 heteroatoms. The molecule has 3 aromatic rings. The average Bonchev–Trinajstić information content (AvgIpc) is 3.06. The van der Waals surface area contributed by atoms with E-state index < -0.39 is 0 Å². The predicted octanol–water partition coefficient (Wildman–Crippen LogP) is 3.49. The largest absolute Gasteiger partial charge is 0.495 e. The predicted molar refractivity (Wildman–Crippen MR) is 117 cm³/mol. The first-order chi connectivity index (χ1) is 13.3. The van der Waals surface area contributed by atoms with E-state index in [4.69, 9.17) is 4.74 Å². The Morgan fingerprint density at radius 3 is 2.86 bits per heavy atom. The van der Waals surface area contributed by atoms with Gasteiger partial charge in [-0.3, -0.25) is 14.7 Å². The number of amides is 1. The quantitative estimate of drug-likeness (QED) is 0.663. The minimum atomic E-state index is -0.0403. The monoisotopic (exact) mass is 418 g/mol. The SMILES string of the molecule is COc1ccccc1-n1c(NC(=O)CC2CSCCN2)nc2ccccc21.Cl. The molecule has 1 saturated heterocycles. The third-order valence-electron chi connectivity index (χ3n) is 4.57. The number of carbonyl (C=O) groups excluding carboxylic acids is 1. The van der Waals surface area contributed by atoms with Crippen LogP contribution in [0.1, 0.15) is 6.42 Å². The summed E-state index contributed by atoms with van der Waals surface area (Å²) in [5, 5.41) is 6.40. The smallest absolute Gasteiger partial charge is 0.228 e. The van der Waals surface area contributed by atoms with Gasteiger partial charge in [-0.05, 0) is 24.3 Å². The summed E-state index contributed by atoms with van der Waals surface area (Å²) in [5.41, 5.74) is 2.59. The van der Waals surface area contributed by atoms with Gasteiger partial charge in [0.1, 0.15) is 5.75 Å². The highest BCUT2D eigenvalue weighted by Gasteiger charge is 2.20. The Balaban J connectivity index is 0.00000225. The van der Waals surface area contributed by atoms with Gasteiger partial charge in [-0.2, -0.15) is 11.8 Å². The average molecular weight is 419 g/mol. The zero-order valence-electron chi connectivity index (χ0n) is 15.6. The number of nitrogens with zero attached hydrogens (tertiary/aromatic N) is 2. The van der Waals surface area contributed by atoms with Gasteiger partial charge in [-0.25, -0.2) is 4.98 Å². The van der Waals surface area contributed by atoms with Crippen molar-refractivity contribution in [3.63, 3.8) is 0 Å². The minimum Gasteiger partial charge on any atom is -0.495 e. The van der Waals surface area contributed by atoms with Gasteiger partial charge >= 0.3 is 0 Å². The summed E-state index contributed by atoms with van der Waals surface area (Å²) in [5.74, 6) is 3.25. The second kappa shape index (κ2) is 9.32. The number of hydrogen-bond donors (Lipinski definition) is 2. The van der Waals surface area contributed by atoms with E-state index in [1.807, 2.05) is 64.9 Å². The summed E-state index contributed by atoms with van der Waals surface area (Å²) in [7, 11) is 1.64. The summed E-state index contributed by atoms with van der Waals surface area (Å²) >= 11 is 1.88. The maximum absolute atomic E-state index is 12.7. The first-order valence-corrected chi connectivity index (χ1v) is 10.1. The van der Waals surface area contributed by atoms with Crippen molar-refractivity contribution in [3.05, 3.63) is 48.5 Å². The highest BCUT2D eigenvalue weighted by molar-refractivity contribution is 7.99. The normalized spacial score (nSPS) is 16.4. The van der Waals surface area contributed by atoms with E-state index in [0.717, 1.165) is 40.5 Å². The Kier molecular flexibility index (Phi) is 6.83. The number of halogens is 1. The van der Waals surface area contributed by atoms with Crippen LogP contribution in [0.2, 0.25) is 0 Å². The van der Waals surface area contributed by atoms with Crippen molar-refractivity contribution < 1.29 is 9.53 Å². The number of anilines is 1. The lowest BCUT2D eigenvalue weighted by molar-refractivity contribution is -0.116. The van der Waals surface area contributed by atoms with Gasteiger partial charge in [0.25, 0.3) is 0 Å². The Morgan fingerprint density at radius 2 is 2.07 bits per heavy atom. The van der Waals surface area contributed by atoms with Crippen LogP contribution >= 0.6 is 24.2 Å². The molecule has 2 N–H and O–H groups in total. The Bertz CT molecular complexity index is 956. The van der Waals surface area contributed by atoms with E-state index in [-0.39, 0.29) is 24.4 Å². The summed E-state index contributed by atoms with van der Waals surface area (Å²) < 4.78 is 7.47. The Hall–Kier alpha value is -2.22. The first kappa shape index (κ1) is 20.5. The Morgan fingerprint density at radius 1 is 1.29 bits per heavy atom. The molecule has 0 aliphatic carbocycles. The fourth-order valence-electron chi connectivity index (χ4n) is 3.32. The maximum Gasteiger partial charge on any atom is 0.228 e. The number of aromatic nitrogens is 2. The van der Waals surface area contributed by atoms with Crippen LogP contribution in [0.3, 0.4) is 0 Å². The number of rotatable bonds is 5. The van der Waals surface area contributed by atoms with E-state index >= 15 is 0 Å². The third kappa shape index (κ3) is 4.27. The van der Waals surface area contributed by atoms with Crippen LogP contribution in [0.15, 0.2) is 48.5 Å². The van der Waals surface area contributed by atoms with Crippen molar-refractivity contribution in [1.82, 2.24) is 14.9 Å². The maximum atomic E-state index is 12.7. The molecule has 1 amide bonds. The fraction of sp³-hybridized carbons (Fsp3) is 0.300. The van der Waals surface area contributed by atoms with Gasteiger partial charge in [-0.1, -0.05) is 24.3 Å². The molecule has 28 heavy (non-hydrogen) atoms. The molecule has 2 heterocycles. The molecule has 2 aromatic carbocycles. The first-order valence-electron chi connectivity index (χ1n) is 8.98. The number of hydrogen-bond acceptors (Lipinski definition) is 5. The molecule has 1 fully saturated rings. The zero-order valence-corrected chi connectivity index (χ0v) is 17.2. The van der Waals surface area contributed by atoms with E-state index in [9.17, 15) is 4.79 Å². The third-order valence-corrected chi connectivity index (χ3v) is 5.70. The second-order valence-electron chi connectivity index (χ2n) is 6.41. The molecule has 0 radical (unpaired) electrons. The van der Waals surface area contributed by atoms with Gasteiger partial charge in [0.2, 0.25) is 11.9 Å². The number of fused-ring (bicyclic) bond motifs is 1. The molecule has 1 aliphatic rings. The highest BCUT2D eigenvalue weighted by Crippen LogP contribution is 2.30. The van der Waals surface area contributed by atoms with Crippen molar-refractivity contribution in [2.45, 2.75) is 12.5 Å². The summed E-state index contributed by atoms with van der Waals surface area (Å²) in [4.78, 5) is 17.3. The van der Waals surface area contributed by atoms with Crippen molar-refractivity contribution in [2.75, 3.05) is 30.5 Å². The van der Waals surface area contributed by atoms with Gasteiger partial charge in [0.05, 0.1) is 23.8 Å². The van der Waals surface area contributed by atoms with Crippen molar-refractivity contribution in [1.29, 1.82) is 0 Å². The number of para-hydroxylation sites is 4. The van der Waals surface area contributed by atoms with Gasteiger partial charge < -0.3 is 10.1 Å². The lowest BCUT2D eigenvalue weighted by atomic mass is 10.2. The van der Waals surface area contributed by atoms with Gasteiger partial charge in [0.15, 0.2) is 0 Å². The van der Waals surface area contributed by atoms with Crippen LogP contribution in [0.4, 0.5) is 5.95 Å². The molecule has 4 rings (SSSR count). The van der Waals surface area contributed by atoms with Crippen LogP contribution in [0.25, 0.3) is 16.7 Å². The number of carbonyl (C=O) groups is 1. The van der Waals surface area contributed by atoms with E-state index in [0.29, 0.717) is 12.4 Å². The van der Waals surface area contributed by atoms with E-state index in [1.165, 1.54) is 0 Å². The molecule has 6 nitrogen and oxygen atoms in total. The number of imidazole rings is 1. The molecule has 1 aliphatic heterocycles. The molecule has 1 unspecified atom stereocenters. The highest BCUT2D eigenvalue weighted by atomic mass is 35.5. The molecule has 148 valence electrons. The lowest BCUT2D eigenvalue weighted by Gasteiger charge is -2.22. The number of methoxy groups -OCH3 is 1. The van der Waals surface area contributed by atoms with Gasteiger partial charge in [0, 0.05) is 30.5 Å². The number of nitrogens with one attached hydrogen (secondary N) is 2. The summed E-state index contributed by atoms with van der Waals surface area (Å²) in [6, 6.07) is 15.8. The topological polar surface area (TPSA) is 68.2 Å².